The molecule has 4 heteroatoms. The van der Waals surface area contributed by atoms with Crippen LogP contribution >= 0.6 is 0 Å². The normalized spacial score (nSPS) is 12.1. The number of carbonyl (C=O) groups excluding carboxylic acids is 1. The van der Waals surface area contributed by atoms with Gasteiger partial charge in [-0.3, -0.25) is 4.79 Å². The number of aromatic hydroxyl groups is 1. The van der Waals surface area contributed by atoms with Crippen LogP contribution in [0.3, 0.4) is 0 Å². The highest BCUT2D eigenvalue weighted by atomic mass is 16.3. The Morgan fingerprint density at radius 3 is 2.08 bits per heavy atom. The van der Waals surface area contributed by atoms with Gasteiger partial charge in [0, 0.05) is 17.3 Å². The lowest BCUT2D eigenvalue weighted by Gasteiger charge is -2.32. The lowest BCUT2D eigenvalue weighted by Crippen LogP contribution is -2.27. The van der Waals surface area contributed by atoms with Crippen molar-refractivity contribution in [3.8, 4) is 5.75 Å². The van der Waals surface area contributed by atoms with Gasteiger partial charge in [0.2, 0.25) is 0 Å². The van der Waals surface area contributed by atoms with E-state index in [-0.39, 0.29) is 22.5 Å². The molecule has 2 N–H and O–H groups in total. The number of nitrogens with one attached hydrogen (secondary N) is 1. The van der Waals surface area contributed by atoms with Crippen molar-refractivity contribution in [1.82, 2.24) is 4.98 Å². The molecule has 2 aromatic rings. The summed E-state index contributed by atoms with van der Waals surface area (Å²) in [6, 6.07) is 8.66. The SMILES string of the molecule is CC(C)(C)c1c(O)ccc(C(=O)Nc2ccccn2)c1C(C)(C)C. The minimum Gasteiger partial charge on any atom is -0.508 e. The lowest BCUT2D eigenvalue weighted by molar-refractivity contribution is 0.102. The number of hydrogen-bond acceptors (Lipinski definition) is 3. The fourth-order valence-electron chi connectivity index (χ4n) is 2.94. The van der Waals surface area contributed by atoms with Gasteiger partial charge < -0.3 is 10.4 Å². The van der Waals surface area contributed by atoms with Crippen LogP contribution in [-0.4, -0.2) is 16.0 Å². The van der Waals surface area contributed by atoms with Crippen molar-refractivity contribution in [2.45, 2.75) is 52.4 Å². The summed E-state index contributed by atoms with van der Waals surface area (Å²) in [5, 5.41) is 13.3. The van der Waals surface area contributed by atoms with E-state index in [1.54, 1.807) is 30.5 Å². The van der Waals surface area contributed by atoms with Crippen molar-refractivity contribution in [3.63, 3.8) is 0 Å². The van der Waals surface area contributed by atoms with Crippen molar-refractivity contribution in [2.75, 3.05) is 5.32 Å². The van der Waals surface area contributed by atoms with Crippen LogP contribution in [0, 0.1) is 0 Å². The minimum absolute atomic E-state index is 0.218. The third-order valence-corrected chi connectivity index (χ3v) is 3.83. The van der Waals surface area contributed by atoms with Gasteiger partial charge in [-0.15, -0.1) is 0 Å². The van der Waals surface area contributed by atoms with E-state index in [0.717, 1.165) is 11.1 Å². The van der Waals surface area contributed by atoms with E-state index in [1.807, 2.05) is 26.8 Å². The van der Waals surface area contributed by atoms with Gasteiger partial charge in [-0.2, -0.15) is 0 Å². The van der Waals surface area contributed by atoms with Gasteiger partial charge in [0.1, 0.15) is 11.6 Å². The Balaban J connectivity index is 2.60. The van der Waals surface area contributed by atoms with Crippen LogP contribution in [-0.2, 0) is 10.8 Å². The first-order valence-electron chi connectivity index (χ1n) is 8.11. The fraction of sp³-hybridized carbons (Fsp3) is 0.400. The molecule has 0 saturated heterocycles. The molecular formula is C20H26N2O2. The third-order valence-electron chi connectivity index (χ3n) is 3.83. The largest absolute Gasteiger partial charge is 0.508 e. The van der Waals surface area contributed by atoms with Crippen molar-refractivity contribution < 1.29 is 9.90 Å². The van der Waals surface area contributed by atoms with E-state index in [2.05, 4.69) is 31.1 Å². The van der Waals surface area contributed by atoms with E-state index in [9.17, 15) is 9.90 Å². The molecule has 0 saturated carbocycles. The van der Waals surface area contributed by atoms with Crippen LogP contribution < -0.4 is 5.32 Å². The van der Waals surface area contributed by atoms with Gasteiger partial charge in [-0.25, -0.2) is 4.98 Å². The van der Waals surface area contributed by atoms with Crippen molar-refractivity contribution in [1.29, 1.82) is 0 Å². The van der Waals surface area contributed by atoms with Crippen molar-refractivity contribution in [2.24, 2.45) is 0 Å². The Bertz CT molecular complexity index is 739. The summed E-state index contributed by atoms with van der Waals surface area (Å²) >= 11 is 0. The lowest BCUT2D eigenvalue weighted by atomic mass is 9.72. The molecule has 0 aliphatic heterocycles. The molecule has 0 atom stereocenters. The van der Waals surface area contributed by atoms with E-state index in [4.69, 9.17) is 0 Å². The zero-order valence-corrected chi connectivity index (χ0v) is 15.3. The van der Waals surface area contributed by atoms with Gasteiger partial charge in [-0.1, -0.05) is 47.6 Å². The number of rotatable bonds is 2. The highest BCUT2D eigenvalue weighted by Gasteiger charge is 2.32. The van der Waals surface area contributed by atoms with Crippen LogP contribution in [0.1, 0.15) is 63.0 Å². The first-order valence-corrected chi connectivity index (χ1v) is 8.11. The van der Waals surface area contributed by atoms with E-state index in [1.165, 1.54) is 0 Å². The van der Waals surface area contributed by atoms with Crippen molar-refractivity contribution in [3.05, 3.63) is 53.2 Å². The topological polar surface area (TPSA) is 62.2 Å². The number of benzene rings is 1. The van der Waals surface area contributed by atoms with E-state index in [0.29, 0.717) is 11.4 Å². The Morgan fingerprint density at radius 2 is 1.58 bits per heavy atom. The van der Waals surface area contributed by atoms with Crippen LogP contribution in [0.5, 0.6) is 5.75 Å². The molecular weight excluding hydrogens is 300 g/mol. The number of anilines is 1. The number of hydrogen-bond donors (Lipinski definition) is 2. The molecule has 0 aliphatic carbocycles. The summed E-state index contributed by atoms with van der Waals surface area (Å²) in [4.78, 5) is 17.0. The maximum absolute atomic E-state index is 12.8. The van der Waals surface area contributed by atoms with Gasteiger partial charge in [0.15, 0.2) is 0 Å². The second-order valence-corrected chi connectivity index (χ2v) is 8.05. The second kappa shape index (κ2) is 6.27. The van der Waals surface area contributed by atoms with Gasteiger partial charge in [-0.05, 0) is 40.7 Å². The van der Waals surface area contributed by atoms with Crippen LogP contribution in [0.2, 0.25) is 0 Å². The molecule has 0 spiro atoms. The zero-order valence-electron chi connectivity index (χ0n) is 15.3. The molecule has 1 aromatic heterocycles. The predicted molar refractivity (Wildman–Crippen MR) is 97.7 cm³/mol. The zero-order chi connectivity index (χ0) is 18.1. The Morgan fingerprint density at radius 1 is 0.958 bits per heavy atom. The molecule has 4 nitrogen and oxygen atoms in total. The molecule has 1 aromatic carbocycles. The molecule has 0 bridgehead atoms. The Hall–Kier alpha value is -2.36. The standard InChI is InChI=1S/C20H26N2O2/c1-19(2,3)16-13(10-11-14(23)17(16)20(4,5)6)18(24)22-15-9-7-8-12-21-15/h7-12,23H,1-6H3,(H,21,22,24). The molecule has 24 heavy (non-hydrogen) atoms. The van der Waals surface area contributed by atoms with Gasteiger partial charge >= 0.3 is 0 Å². The average molecular weight is 326 g/mol. The number of carbonyl (C=O) groups is 1. The molecule has 1 amide bonds. The monoisotopic (exact) mass is 326 g/mol. The first-order chi connectivity index (χ1) is 11.0. The smallest absolute Gasteiger partial charge is 0.257 e. The summed E-state index contributed by atoms with van der Waals surface area (Å²) in [6.07, 6.45) is 1.64. The molecule has 1 heterocycles. The van der Waals surface area contributed by atoms with E-state index >= 15 is 0 Å². The molecule has 0 fully saturated rings. The van der Waals surface area contributed by atoms with Crippen molar-refractivity contribution >= 4 is 11.7 Å². The van der Waals surface area contributed by atoms with Gasteiger partial charge in [0.05, 0.1) is 0 Å². The maximum Gasteiger partial charge on any atom is 0.257 e. The summed E-state index contributed by atoms with van der Waals surface area (Å²) < 4.78 is 0. The first kappa shape index (κ1) is 18.0. The minimum atomic E-state index is -0.294. The predicted octanol–water partition coefficient (Wildman–Crippen LogP) is 4.63. The van der Waals surface area contributed by atoms with E-state index < -0.39 is 0 Å². The summed E-state index contributed by atoms with van der Waals surface area (Å²) in [7, 11) is 0. The molecule has 128 valence electrons. The van der Waals surface area contributed by atoms with Crippen LogP contribution in [0.15, 0.2) is 36.5 Å². The summed E-state index contributed by atoms with van der Waals surface area (Å²) in [5.74, 6) is 0.513. The molecule has 0 aliphatic rings. The summed E-state index contributed by atoms with van der Waals surface area (Å²) in [6.45, 7) is 12.3. The number of pyridine rings is 1. The highest BCUT2D eigenvalue weighted by Crippen LogP contribution is 2.41. The number of nitrogens with zero attached hydrogens (tertiary/aromatic N) is 1. The summed E-state index contributed by atoms with van der Waals surface area (Å²) in [5.41, 5.74) is 1.66. The molecule has 0 radical (unpaired) electrons. The number of amides is 1. The van der Waals surface area contributed by atoms with Crippen LogP contribution in [0.25, 0.3) is 0 Å². The Labute approximate surface area is 143 Å². The molecule has 2 rings (SSSR count). The fourth-order valence-corrected chi connectivity index (χ4v) is 2.94. The number of phenols is 1. The Kier molecular flexibility index (Phi) is 4.70. The quantitative estimate of drug-likeness (QED) is 0.845. The number of aromatic nitrogens is 1. The number of phenolic OH excluding ortho intramolecular Hbond substituents is 1. The average Bonchev–Trinajstić information content (AvgIpc) is 2.45. The molecule has 0 unspecified atom stereocenters. The second-order valence-electron chi connectivity index (χ2n) is 8.05. The maximum atomic E-state index is 12.8. The highest BCUT2D eigenvalue weighted by molar-refractivity contribution is 6.05. The van der Waals surface area contributed by atoms with Crippen LogP contribution in [0.4, 0.5) is 5.82 Å². The van der Waals surface area contributed by atoms with Gasteiger partial charge in [0.25, 0.3) is 5.91 Å². The third kappa shape index (κ3) is 3.75.